The van der Waals surface area contributed by atoms with Crippen LogP contribution in [0.5, 0.6) is 0 Å². The Morgan fingerprint density at radius 2 is 2.00 bits per heavy atom. The molecule has 5 nitrogen and oxygen atoms in total. The van der Waals surface area contributed by atoms with Crippen molar-refractivity contribution in [2.24, 2.45) is 17.8 Å². The van der Waals surface area contributed by atoms with Crippen LogP contribution in [0.4, 0.5) is 0 Å². The average Bonchev–Trinajstić information content (AvgIpc) is 3.05. The van der Waals surface area contributed by atoms with Crippen LogP contribution in [0.25, 0.3) is 0 Å². The summed E-state index contributed by atoms with van der Waals surface area (Å²) in [4.78, 5) is 25.9. The normalized spacial score (nSPS) is 33.8. The first kappa shape index (κ1) is 13.9. The van der Waals surface area contributed by atoms with Gasteiger partial charge in [0.05, 0.1) is 5.92 Å². The Balaban J connectivity index is 1.46. The van der Waals surface area contributed by atoms with E-state index in [2.05, 4.69) is 5.32 Å². The summed E-state index contributed by atoms with van der Waals surface area (Å²) >= 11 is 0. The highest BCUT2D eigenvalue weighted by Gasteiger charge is 2.41. The quantitative estimate of drug-likeness (QED) is 0.771. The highest BCUT2D eigenvalue weighted by molar-refractivity contribution is 5.89. The maximum Gasteiger partial charge on any atom is 0.225 e. The molecule has 2 aliphatic carbocycles. The molecular weight excluding hydrogens is 256 g/mol. The van der Waals surface area contributed by atoms with Gasteiger partial charge >= 0.3 is 0 Å². The molecule has 0 spiro atoms. The lowest BCUT2D eigenvalue weighted by atomic mass is 9.96. The van der Waals surface area contributed by atoms with Gasteiger partial charge in [0.2, 0.25) is 11.8 Å². The topological polar surface area (TPSA) is 69.6 Å². The number of nitrogens with one attached hydrogen (secondary N) is 1. The minimum absolute atomic E-state index is 0.0186. The molecule has 3 rings (SSSR count). The zero-order valence-electron chi connectivity index (χ0n) is 11.9. The van der Waals surface area contributed by atoms with Gasteiger partial charge in [0.1, 0.15) is 0 Å². The van der Waals surface area contributed by atoms with Gasteiger partial charge in [-0.15, -0.1) is 0 Å². The molecule has 2 amide bonds. The number of hydrogen-bond acceptors (Lipinski definition) is 3. The van der Waals surface area contributed by atoms with Gasteiger partial charge in [0.15, 0.2) is 0 Å². The number of rotatable bonds is 5. The fourth-order valence-electron chi connectivity index (χ4n) is 3.65. The fraction of sp³-hybridized carbons (Fsp3) is 0.867. The molecule has 0 radical (unpaired) electrons. The predicted octanol–water partition coefficient (Wildman–Crippen LogP) is 0.522. The Bertz CT molecular complexity index is 395. The second kappa shape index (κ2) is 5.72. The number of carbonyl (C=O) groups excluding carboxylic acids is 2. The van der Waals surface area contributed by atoms with Crippen LogP contribution in [0.2, 0.25) is 0 Å². The molecule has 20 heavy (non-hydrogen) atoms. The Hall–Kier alpha value is -1.10. The van der Waals surface area contributed by atoms with Gasteiger partial charge in [0, 0.05) is 32.2 Å². The van der Waals surface area contributed by atoms with Gasteiger partial charge in [-0.3, -0.25) is 9.59 Å². The molecule has 5 heteroatoms. The zero-order chi connectivity index (χ0) is 14.1. The van der Waals surface area contributed by atoms with E-state index in [0.717, 1.165) is 32.1 Å². The summed E-state index contributed by atoms with van der Waals surface area (Å²) in [6.07, 6.45) is 5.86. The molecule has 2 N–H and O–H groups in total. The maximum atomic E-state index is 12.2. The smallest absolute Gasteiger partial charge is 0.225 e. The zero-order valence-corrected chi connectivity index (χ0v) is 11.9. The second-order valence-electron chi connectivity index (χ2n) is 6.56. The number of likely N-dealkylation sites (tertiary alicyclic amines) is 1. The summed E-state index contributed by atoms with van der Waals surface area (Å²) in [6.45, 7) is 1.47. The van der Waals surface area contributed by atoms with E-state index >= 15 is 0 Å². The Morgan fingerprint density at radius 1 is 1.25 bits per heavy atom. The number of nitrogens with zero attached hydrogens (tertiary/aromatic N) is 1. The lowest BCUT2D eigenvalue weighted by Gasteiger charge is -2.19. The Morgan fingerprint density at radius 3 is 2.70 bits per heavy atom. The van der Waals surface area contributed by atoms with E-state index in [4.69, 9.17) is 0 Å². The molecule has 3 aliphatic rings. The molecule has 1 saturated heterocycles. The number of amides is 2. The van der Waals surface area contributed by atoms with Crippen molar-refractivity contribution in [1.82, 2.24) is 10.2 Å². The van der Waals surface area contributed by atoms with E-state index in [1.807, 2.05) is 4.90 Å². The molecule has 1 heterocycles. The predicted molar refractivity (Wildman–Crippen MR) is 73.8 cm³/mol. The van der Waals surface area contributed by atoms with Gasteiger partial charge in [0.25, 0.3) is 0 Å². The molecule has 3 atom stereocenters. The Kier molecular flexibility index (Phi) is 3.96. The van der Waals surface area contributed by atoms with Crippen LogP contribution in [-0.2, 0) is 9.59 Å². The molecule has 0 aromatic heterocycles. The summed E-state index contributed by atoms with van der Waals surface area (Å²) in [6, 6.07) is 0.411. The van der Waals surface area contributed by atoms with Crippen LogP contribution in [0, 0.1) is 17.8 Å². The van der Waals surface area contributed by atoms with Crippen LogP contribution >= 0.6 is 0 Å². The summed E-state index contributed by atoms with van der Waals surface area (Å²) in [7, 11) is 0. The van der Waals surface area contributed by atoms with E-state index < -0.39 is 0 Å². The second-order valence-corrected chi connectivity index (χ2v) is 6.56. The average molecular weight is 280 g/mol. The summed E-state index contributed by atoms with van der Waals surface area (Å²) in [5.74, 6) is 0.730. The third-order valence-corrected chi connectivity index (χ3v) is 5.11. The number of aliphatic hydroxyl groups is 1. The molecule has 2 saturated carbocycles. The summed E-state index contributed by atoms with van der Waals surface area (Å²) in [5.41, 5.74) is 0. The molecule has 112 valence electrons. The Labute approximate surface area is 119 Å². The van der Waals surface area contributed by atoms with Crippen molar-refractivity contribution in [3.05, 3.63) is 0 Å². The minimum Gasteiger partial charge on any atom is -0.396 e. The van der Waals surface area contributed by atoms with Crippen molar-refractivity contribution in [3.63, 3.8) is 0 Å². The van der Waals surface area contributed by atoms with Crippen molar-refractivity contribution in [2.75, 3.05) is 19.7 Å². The molecule has 0 aromatic rings. The van der Waals surface area contributed by atoms with E-state index in [0.29, 0.717) is 37.4 Å². The van der Waals surface area contributed by atoms with E-state index in [-0.39, 0.29) is 24.3 Å². The lowest BCUT2D eigenvalue weighted by Crippen LogP contribution is -2.37. The summed E-state index contributed by atoms with van der Waals surface area (Å²) < 4.78 is 0. The number of carbonyl (C=O) groups is 2. The standard InChI is InChI=1S/C15H24N2O3/c18-9-11-3-1-2-10(11)7-16-15(20)12-6-14(19)17(8-12)13-4-5-13/h10-13,18H,1-9H2,(H,16,20). The third-order valence-electron chi connectivity index (χ3n) is 5.11. The van der Waals surface area contributed by atoms with Gasteiger partial charge in [-0.25, -0.2) is 0 Å². The van der Waals surface area contributed by atoms with Crippen LogP contribution in [0.15, 0.2) is 0 Å². The molecule has 0 bridgehead atoms. The van der Waals surface area contributed by atoms with Crippen molar-refractivity contribution >= 4 is 11.8 Å². The van der Waals surface area contributed by atoms with E-state index in [9.17, 15) is 14.7 Å². The SMILES string of the molecule is O=C(NCC1CCCC1CO)C1CC(=O)N(C2CC2)C1. The van der Waals surface area contributed by atoms with Crippen LogP contribution in [-0.4, -0.2) is 47.6 Å². The maximum absolute atomic E-state index is 12.2. The van der Waals surface area contributed by atoms with E-state index in [1.54, 1.807) is 0 Å². The number of hydrogen-bond donors (Lipinski definition) is 2. The van der Waals surface area contributed by atoms with Gasteiger partial charge in [-0.05, 0) is 37.5 Å². The molecule has 3 fully saturated rings. The van der Waals surface area contributed by atoms with E-state index in [1.165, 1.54) is 0 Å². The van der Waals surface area contributed by atoms with Crippen molar-refractivity contribution in [2.45, 2.75) is 44.6 Å². The highest BCUT2D eigenvalue weighted by Crippen LogP contribution is 2.33. The first-order valence-corrected chi connectivity index (χ1v) is 7.87. The summed E-state index contributed by atoms with van der Waals surface area (Å²) in [5, 5.41) is 12.3. The molecule has 1 aliphatic heterocycles. The van der Waals surface area contributed by atoms with Gasteiger partial charge < -0.3 is 15.3 Å². The minimum atomic E-state index is -0.169. The van der Waals surface area contributed by atoms with Crippen molar-refractivity contribution in [1.29, 1.82) is 0 Å². The highest BCUT2D eigenvalue weighted by atomic mass is 16.3. The van der Waals surface area contributed by atoms with Crippen molar-refractivity contribution in [3.8, 4) is 0 Å². The van der Waals surface area contributed by atoms with Gasteiger partial charge in [-0.2, -0.15) is 0 Å². The fourth-order valence-corrected chi connectivity index (χ4v) is 3.65. The van der Waals surface area contributed by atoms with Crippen LogP contribution in [0.3, 0.4) is 0 Å². The monoisotopic (exact) mass is 280 g/mol. The largest absolute Gasteiger partial charge is 0.396 e. The number of aliphatic hydroxyl groups excluding tert-OH is 1. The lowest BCUT2D eigenvalue weighted by molar-refractivity contribution is -0.129. The molecule has 3 unspecified atom stereocenters. The first-order chi connectivity index (χ1) is 9.69. The first-order valence-electron chi connectivity index (χ1n) is 7.87. The van der Waals surface area contributed by atoms with Crippen LogP contribution < -0.4 is 5.32 Å². The third kappa shape index (κ3) is 2.82. The van der Waals surface area contributed by atoms with Gasteiger partial charge in [-0.1, -0.05) is 6.42 Å². The molecule has 0 aromatic carbocycles. The van der Waals surface area contributed by atoms with Crippen LogP contribution in [0.1, 0.15) is 38.5 Å². The molecular formula is C15H24N2O3. The van der Waals surface area contributed by atoms with Crippen molar-refractivity contribution < 1.29 is 14.7 Å².